The Balaban J connectivity index is 1.74. The molecule has 0 N–H and O–H groups in total. The summed E-state index contributed by atoms with van der Waals surface area (Å²) in [6.45, 7) is 4.15. The van der Waals surface area contributed by atoms with E-state index in [-0.39, 0.29) is 0 Å². The maximum absolute atomic E-state index is 5.80. The average Bonchev–Trinajstić information content (AvgIpc) is 2.78. The maximum atomic E-state index is 5.80. The Hall–Kier alpha value is -0.580. The molecular formula is C15H23BrN2O. The van der Waals surface area contributed by atoms with Crippen molar-refractivity contribution in [2.45, 2.75) is 18.9 Å². The first-order chi connectivity index (χ1) is 9.15. The molecule has 19 heavy (non-hydrogen) atoms. The van der Waals surface area contributed by atoms with E-state index in [1.165, 1.54) is 19.4 Å². The molecule has 0 saturated carbocycles. The normalized spacial score (nSPS) is 20.1. The lowest BCUT2D eigenvalue weighted by atomic mass is 10.2. The summed E-state index contributed by atoms with van der Waals surface area (Å²) in [4.78, 5) is 4.83. The molecule has 1 aromatic rings. The minimum atomic E-state index is 0.698. The van der Waals surface area contributed by atoms with Crippen molar-refractivity contribution in [3.8, 4) is 5.75 Å². The van der Waals surface area contributed by atoms with E-state index in [0.29, 0.717) is 6.04 Å². The minimum Gasteiger partial charge on any atom is -0.492 e. The monoisotopic (exact) mass is 326 g/mol. The van der Waals surface area contributed by atoms with Gasteiger partial charge in [-0.1, -0.05) is 15.9 Å². The fourth-order valence-corrected chi connectivity index (χ4v) is 2.89. The highest BCUT2D eigenvalue weighted by Gasteiger charge is 2.24. The molecule has 3 nitrogen and oxygen atoms in total. The highest BCUT2D eigenvalue weighted by atomic mass is 79.9. The number of halogens is 1. The molecule has 1 atom stereocenters. The second-order valence-corrected chi connectivity index (χ2v) is 6.31. The quantitative estimate of drug-likeness (QED) is 0.799. The number of benzene rings is 1. The average molecular weight is 327 g/mol. The van der Waals surface area contributed by atoms with Gasteiger partial charge in [-0.3, -0.25) is 4.90 Å². The van der Waals surface area contributed by atoms with Crippen LogP contribution in [0.25, 0.3) is 0 Å². The zero-order valence-corrected chi connectivity index (χ0v) is 13.4. The molecule has 1 aliphatic rings. The molecule has 1 heterocycles. The van der Waals surface area contributed by atoms with Gasteiger partial charge < -0.3 is 9.64 Å². The molecule has 0 spiro atoms. The van der Waals surface area contributed by atoms with Crippen molar-refractivity contribution in [3.63, 3.8) is 0 Å². The van der Waals surface area contributed by atoms with Gasteiger partial charge in [0, 0.05) is 23.6 Å². The van der Waals surface area contributed by atoms with Gasteiger partial charge in [-0.15, -0.1) is 0 Å². The summed E-state index contributed by atoms with van der Waals surface area (Å²) in [5.41, 5.74) is 0. The number of likely N-dealkylation sites (tertiary alicyclic amines) is 1. The van der Waals surface area contributed by atoms with Crippen LogP contribution in [0.2, 0.25) is 0 Å². The zero-order chi connectivity index (χ0) is 13.7. The Morgan fingerprint density at radius 2 is 2.05 bits per heavy atom. The Kier molecular flexibility index (Phi) is 5.67. The van der Waals surface area contributed by atoms with Crippen molar-refractivity contribution in [1.82, 2.24) is 9.80 Å². The summed E-state index contributed by atoms with van der Waals surface area (Å²) in [7, 11) is 4.30. The van der Waals surface area contributed by atoms with Crippen LogP contribution in [0.5, 0.6) is 5.75 Å². The van der Waals surface area contributed by atoms with Crippen LogP contribution in [0, 0.1) is 0 Å². The summed E-state index contributed by atoms with van der Waals surface area (Å²) in [6, 6.07) is 8.74. The van der Waals surface area contributed by atoms with E-state index in [1.54, 1.807) is 0 Å². The first-order valence-electron chi connectivity index (χ1n) is 6.92. The van der Waals surface area contributed by atoms with E-state index >= 15 is 0 Å². The molecule has 4 heteroatoms. The first-order valence-corrected chi connectivity index (χ1v) is 7.71. The lowest BCUT2D eigenvalue weighted by Crippen LogP contribution is -2.39. The number of likely N-dealkylation sites (N-methyl/N-ethyl adjacent to an activating group) is 1. The number of rotatable bonds is 6. The predicted molar refractivity (Wildman–Crippen MR) is 82.8 cm³/mol. The number of hydrogen-bond donors (Lipinski definition) is 0. The van der Waals surface area contributed by atoms with Gasteiger partial charge >= 0.3 is 0 Å². The van der Waals surface area contributed by atoms with Gasteiger partial charge in [-0.25, -0.2) is 0 Å². The predicted octanol–water partition coefficient (Wildman–Crippen LogP) is 2.85. The van der Waals surface area contributed by atoms with Crippen LogP contribution in [-0.2, 0) is 0 Å². The molecular weight excluding hydrogens is 304 g/mol. The van der Waals surface area contributed by atoms with Crippen LogP contribution >= 0.6 is 15.9 Å². The molecule has 0 aromatic heterocycles. The zero-order valence-electron chi connectivity index (χ0n) is 11.8. The minimum absolute atomic E-state index is 0.698. The van der Waals surface area contributed by atoms with Gasteiger partial charge in [0.15, 0.2) is 0 Å². The third kappa shape index (κ3) is 4.79. The van der Waals surface area contributed by atoms with Crippen molar-refractivity contribution in [3.05, 3.63) is 28.7 Å². The van der Waals surface area contributed by atoms with E-state index in [1.807, 2.05) is 24.3 Å². The van der Waals surface area contributed by atoms with E-state index < -0.39 is 0 Å². The molecule has 2 rings (SSSR count). The van der Waals surface area contributed by atoms with Crippen LogP contribution in [0.1, 0.15) is 12.8 Å². The summed E-state index contributed by atoms with van der Waals surface area (Å²) in [5.74, 6) is 0.951. The SMILES string of the molecule is CN(C)CC1CCCN1CCOc1ccc(Br)cc1. The molecule has 1 fully saturated rings. The van der Waals surface area contributed by atoms with E-state index in [9.17, 15) is 0 Å². The highest BCUT2D eigenvalue weighted by Crippen LogP contribution is 2.18. The van der Waals surface area contributed by atoms with E-state index in [0.717, 1.165) is 29.9 Å². The molecule has 106 valence electrons. The topological polar surface area (TPSA) is 15.7 Å². The molecule has 1 aromatic carbocycles. The number of hydrogen-bond acceptors (Lipinski definition) is 3. The van der Waals surface area contributed by atoms with Gasteiger partial charge in [-0.2, -0.15) is 0 Å². The number of ether oxygens (including phenoxy) is 1. The molecule has 0 radical (unpaired) electrons. The molecule has 1 aliphatic heterocycles. The molecule has 0 aliphatic carbocycles. The largest absolute Gasteiger partial charge is 0.492 e. The molecule has 0 bridgehead atoms. The van der Waals surface area contributed by atoms with Crippen molar-refractivity contribution in [2.24, 2.45) is 0 Å². The molecule has 1 saturated heterocycles. The fraction of sp³-hybridized carbons (Fsp3) is 0.600. The lowest BCUT2D eigenvalue weighted by Gasteiger charge is -2.26. The number of nitrogens with zero attached hydrogens (tertiary/aromatic N) is 2. The third-order valence-electron chi connectivity index (χ3n) is 3.54. The Morgan fingerprint density at radius 3 is 2.74 bits per heavy atom. The molecule has 0 amide bonds. The first kappa shape index (κ1) is 14.8. The van der Waals surface area contributed by atoms with Gasteiger partial charge in [0.2, 0.25) is 0 Å². The molecule has 1 unspecified atom stereocenters. The van der Waals surface area contributed by atoms with Crippen molar-refractivity contribution >= 4 is 15.9 Å². The summed E-state index contributed by atoms with van der Waals surface area (Å²) in [5, 5.41) is 0. The smallest absolute Gasteiger partial charge is 0.119 e. The van der Waals surface area contributed by atoms with Crippen molar-refractivity contribution in [1.29, 1.82) is 0 Å². The standard InChI is InChI=1S/C15H23BrN2O/c1-17(2)12-14-4-3-9-18(14)10-11-19-15-7-5-13(16)6-8-15/h5-8,14H,3-4,9-12H2,1-2H3. The maximum Gasteiger partial charge on any atom is 0.119 e. The lowest BCUT2D eigenvalue weighted by molar-refractivity contribution is 0.172. The van der Waals surface area contributed by atoms with Gasteiger partial charge in [0.25, 0.3) is 0 Å². The Labute approximate surface area is 124 Å². The van der Waals surface area contributed by atoms with Gasteiger partial charge in [-0.05, 0) is 57.7 Å². The van der Waals surface area contributed by atoms with E-state index in [2.05, 4.69) is 39.8 Å². The second-order valence-electron chi connectivity index (χ2n) is 5.40. The Morgan fingerprint density at radius 1 is 1.32 bits per heavy atom. The van der Waals surface area contributed by atoms with Gasteiger partial charge in [0.1, 0.15) is 12.4 Å². The van der Waals surface area contributed by atoms with Crippen LogP contribution < -0.4 is 4.74 Å². The Bertz CT molecular complexity index is 380. The highest BCUT2D eigenvalue weighted by molar-refractivity contribution is 9.10. The third-order valence-corrected chi connectivity index (χ3v) is 4.06. The van der Waals surface area contributed by atoms with E-state index in [4.69, 9.17) is 4.74 Å². The van der Waals surface area contributed by atoms with Crippen molar-refractivity contribution < 1.29 is 4.74 Å². The summed E-state index contributed by atoms with van der Waals surface area (Å²) < 4.78 is 6.89. The van der Waals surface area contributed by atoms with Crippen LogP contribution in [-0.4, -0.2) is 56.2 Å². The summed E-state index contributed by atoms with van der Waals surface area (Å²) >= 11 is 3.43. The fourth-order valence-electron chi connectivity index (χ4n) is 2.63. The van der Waals surface area contributed by atoms with Crippen LogP contribution in [0.3, 0.4) is 0 Å². The van der Waals surface area contributed by atoms with Crippen molar-refractivity contribution in [2.75, 3.05) is 40.3 Å². The van der Waals surface area contributed by atoms with Crippen LogP contribution in [0.15, 0.2) is 28.7 Å². The van der Waals surface area contributed by atoms with Gasteiger partial charge in [0.05, 0.1) is 0 Å². The van der Waals surface area contributed by atoms with Crippen LogP contribution in [0.4, 0.5) is 0 Å². The summed E-state index contributed by atoms with van der Waals surface area (Å²) in [6.07, 6.45) is 2.63. The second kappa shape index (κ2) is 7.27.